The van der Waals surface area contributed by atoms with Crippen molar-refractivity contribution in [2.24, 2.45) is 0 Å². The molecule has 0 aliphatic rings. The molecule has 3 aromatic rings. The predicted molar refractivity (Wildman–Crippen MR) is 98.0 cm³/mol. The number of phenols is 1. The van der Waals surface area contributed by atoms with Gasteiger partial charge in [0.1, 0.15) is 18.1 Å². The fourth-order valence-electron chi connectivity index (χ4n) is 2.46. The van der Waals surface area contributed by atoms with Gasteiger partial charge in [-0.2, -0.15) is 0 Å². The highest BCUT2D eigenvalue weighted by molar-refractivity contribution is 6.06. The molecule has 0 aliphatic carbocycles. The van der Waals surface area contributed by atoms with Crippen LogP contribution in [-0.4, -0.2) is 11.0 Å². The lowest BCUT2D eigenvalue weighted by Gasteiger charge is -2.13. The van der Waals surface area contributed by atoms with E-state index < -0.39 is 0 Å². The van der Waals surface area contributed by atoms with Gasteiger partial charge < -0.3 is 15.2 Å². The van der Waals surface area contributed by atoms with E-state index in [4.69, 9.17) is 4.74 Å². The minimum Gasteiger partial charge on any atom is -0.506 e. The van der Waals surface area contributed by atoms with Crippen molar-refractivity contribution >= 4 is 11.6 Å². The minimum atomic E-state index is -0.329. The molecule has 4 heteroatoms. The number of para-hydroxylation sites is 1. The van der Waals surface area contributed by atoms with Crippen molar-refractivity contribution in [3.8, 4) is 11.5 Å². The van der Waals surface area contributed by atoms with Crippen LogP contribution in [-0.2, 0) is 6.61 Å². The fraction of sp³-hybridized carbons (Fsp3) is 0.0952. The first kappa shape index (κ1) is 16.6. The molecule has 0 unspecified atom stereocenters. The molecule has 2 N–H and O–H groups in total. The molecule has 4 nitrogen and oxygen atoms in total. The number of ether oxygens (including phenoxy) is 1. The van der Waals surface area contributed by atoms with E-state index in [0.717, 1.165) is 11.1 Å². The number of carbonyl (C=O) groups excluding carboxylic acids is 1. The Hall–Kier alpha value is -3.27. The lowest BCUT2D eigenvalue weighted by atomic mass is 10.1. The lowest BCUT2D eigenvalue weighted by molar-refractivity contribution is 0.102. The number of hydrogen-bond acceptors (Lipinski definition) is 3. The molecule has 0 radical (unpaired) electrons. The van der Waals surface area contributed by atoms with E-state index in [1.165, 1.54) is 0 Å². The van der Waals surface area contributed by atoms with E-state index in [9.17, 15) is 9.90 Å². The number of amides is 1. The highest BCUT2D eigenvalue weighted by atomic mass is 16.5. The number of hydrogen-bond donors (Lipinski definition) is 2. The molecule has 0 bridgehead atoms. The third kappa shape index (κ3) is 4.18. The van der Waals surface area contributed by atoms with E-state index in [0.29, 0.717) is 23.6 Å². The van der Waals surface area contributed by atoms with Gasteiger partial charge >= 0.3 is 0 Å². The Morgan fingerprint density at radius 1 is 1.00 bits per heavy atom. The van der Waals surface area contributed by atoms with Crippen LogP contribution in [0.5, 0.6) is 11.5 Å². The Morgan fingerprint density at radius 2 is 1.72 bits per heavy atom. The first-order valence-electron chi connectivity index (χ1n) is 8.00. The number of phenolic OH excluding ortho intramolecular Hbond substituents is 1. The SMILES string of the molecule is Cc1ccc(O)c(NC(=O)c2ccccc2OCc2ccccc2)c1. The molecule has 25 heavy (non-hydrogen) atoms. The van der Waals surface area contributed by atoms with Crippen LogP contribution in [0.15, 0.2) is 72.8 Å². The minimum absolute atomic E-state index is 0.0293. The molecule has 126 valence electrons. The van der Waals surface area contributed by atoms with E-state index in [1.807, 2.05) is 43.3 Å². The molecule has 3 aromatic carbocycles. The summed E-state index contributed by atoms with van der Waals surface area (Å²) in [5.41, 5.74) is 2.76. The zero-order valence-electron chi connectivity index (χ0n) is 13.9. The summed E-state index contributed by atoms with van der Waals surface area (Å²) in [6.07, 6.45) is 0. The largest absolute Gasteiger partial charge is 0.506 e. The maximum atomic E-state index is 12.6. The summed E-state index contributed by atoms with van der Waals surface area (Å²) < 4.78 is 5.81. The zero-order valence-corrected chi connectivity index (χ0v) is 13.9. The van der Waals surface area contributed by atoms with Gasteiger partial charge in [-0.25, -0.2) is 0 Å². The average molecular weight is 333 g/mol. The van der Waals surface area contributed by atoms with Crippen molar-refractivity contribution in [1.29, 1.82) is 0 Å². The molecule has 3 rings (SSSR count). The summed E-state index contributed by atoms with van der Waals surface area (Å²) in [4.78, 5) is 12.6. The Morgan fingerprint density at radius 3 is 2.52 bits per heavy atom. The fourth-order valence-corrected chi connectivity index (χ4v) is 2.46. The number of anilines is 1. The van der Waals surface area contributed by atoms with Crippen molar-refractivity contribution in [2.45, 2.75) is 13.5 Å². The molecule has 0 saturated heterocycles. The van der Waals surface area contributed by atoms with Crippen molar-refractivity contribution < 1.29 is 14.6 Å². The molecular formula is C21H19NO3. The molecule has 0 spiro atoms. The van der Waals surface area contributed by atoms with Crippen molar-refractivity contribution in [1.82, 2.24) is 0 Å². The number of carbonyl (C=O) groups is 1. The van der Waals surface area contributed by atoms with Crippen molar-refractivity contribution in [3.63, 3.8) is 0 Å². The lowest BCUT2D eigenvalue weighted by Crippen LogP contribution is -2.14. The maximum Gasteiger partial charge on any atom is 0.259 e. The van der Waals surface area contributed by atoms with Gasteiger partial charge in [0.2, 0.25) is 0 Å². The van der Waals surface area contributed by atoms with E-state index in [-0.39, 0.29) is 11.7 Å². The topological polar surface area (TPSA) is 58.6 Å². The Labute approximate surface area is 146 Å². The summed E-state index contributed by atoms with van der Waals surface area (Å²) in [5.74, 6) is 0.196. The van der Waals surface area contributed by atoms with Crippen LogP contribution < -0.4 is 10.1 Å². The van der Waals surface area contributed by atoms with Gasteiger partial charge in [-0.1, -0.05) is 48.5 Å². The quantitative estimate of drug-likeness (QED) is 0.674. The number of nitrogens with one attached hydrogen (secondary N) is 1. The summed E-state index contributed by atoms with van der Waals surface area (Å²) in [6.45, 7) is 2.27. The van der Waals surface area contributed by atoms with E-state index in [1.54, 1.807) is 36.4 Å². The molecule has 0 atom stereocenters. The summed E-state index contributed by atoms with van der Waals surface area (Å²) >= 11 is 0. The van der Waals surface area contributed by atoms with E-state index in [2.05, 4.69) is 5.32 Å². The van der Waals surface area contributed by atoms with E-state index >= 15 is 0 Å². The molecule has 0 saturated carbocycles. The first-order valence-corrected chi connectivity index (χ1v) is 8.00. The molecule has 0 aliphatic heterocycles. The van der Waals surface area contributed by atoms with Crippen LogP contribution in [0.1, 0.15) is 21.5 Å². The van der Waals surface area contributed by atoms with Crippen LogP contribution in [0.4, 0.5) is 5.69 Å². The number of rotatable bonds is 5. The van der Waals surface area contributed by atoms with Crippen LogP contribution in [0.25, 0.3) is 0 Å². The number of benzene rings is 3. The highest BCUT2D eigenvalue weighted by Gasteiger charge is 2.14. The summed E-state index contributed by atoms with van der Waals surface area (Å²) in [7, 11) is 0. The van der Waals surface area contributed by atoms with Gasteiger partial charge in [0.25, 0.3) is 5.91 Å². The molecule has 0 aromatic heterocycles. The van der Waals surface area contributed by atoms with Gasteiger partial charge in [0.15, 0.2) is 0 Å². The van der Waals surface area contributed by atoms with Crippen LogP contribution in [0.2, 0.25) is 0 Å². The third-order valence-corrected chi connectivity index (χ3v) is 3.77. The Kier molecular flexibility index (Phi) is 5.00. The summed E-state index contributed by atoms with van der Waals surface area (Å²) in [5, 5.41) is 12.6. The van der Waals surface area contributed by atoms with Gasteiger partial charge in [-0.05, 0) is 42.3 Å². The molecule has 0 heterocycles. The normalized spacial score (nSPS) is 10.3. The van der Waals surface area contributed by atoms with Gasteiger partial charge in [0.05, 0.1) is 11.3 Å². The number of aryl methyl sites for hydroxylation is 1. The second-order valence-corrected chi connectivity index (χ2v) is 5.75. The smallest absolute Gasteiger partial charge is 0.259 e. The van der Waals surface area contributed by atoms with Crippen LogP contribution in [0.3, 0.4) is 0 Å². The van der Waals surface area contributed by atoms with Gasteiger partial charge in [-0.3, -0.25) is 4.79 Å². The van der Waals surface area contributed by atoms with Crippen LogP contribution in [0, 0.1) is 6.92 Å². The molecular weight excluding hydrogens is 314 g/mol. The van der Waals surface area contributed by atoms with Crippen molar-refractivity contribution in [2.75, 3.05) is 5.32 Å². The third-order valence-electron chi connectivity index (χ3n) is 3.77. The highest BCUT2D eigenvalue weighted by Crippen LogP contribution is 2.26. The maximum absolute atomic E-state index is 12.6. The van der Waals surface area contributed by atoms with Gasteiger partial charge in [-0.15, -0.1) is 0 Å². The molecule has 1 amide bonds. The Balaban J connectivity index is 1.77. The van der Waals surface area contributed by atoms with Crippen molar-refractivity contribution in [3.05, 3.63) is 89.5 Å². The first-order chi connectivity index (χ1) is 12.1. The zero-order chi connectivity index (χ0) is 17.6. The predicted octanol–water partition coefficient (Wildman–Crippen LogP) is 4.53. The Bertz CT molecular complexity index is 875. The van der Waals surface area contributed by atoms with Crippen LogP contribution >= 0.6 is 0 Å². The number of aromatic hydroxyl groups is 1. The summed E-state index contributed by atoms with van der Waals surface area (Å²) in [6, 6.07) is 21.9. The average Bonchev–Trinajstić information content (AvgIpc) is 2.64. The second-order valence-electron chi connectivity index (χ2n) is 5.75. The second kappa shape index (κ2) is 7.53. The van der Waals surface area contributed by atoms with Gasteiger partial charge in [0, 0.05) is 0 Å². The standard InChI is InChI=1S/C21H19NO3/c1-15-11-12-19(23)18(13-15)22-21(24)17-9-5-6-10-20(17)25-14-16-7-3-2-4-8-16/h2-13,23H,14H2,1H3,(H,22,24). The monoisotopic (exact) mass is 333 g/mol. The molecule has 0 fully saturated rings.